The van der Waals surface area contributed by atoms with E-state index in [0.29, 0.717) is 23.4 Å². The summed E-state index contributed by atoms with van der Waals surface area (Å²) in [5.41, 5.74) is 16.9. The molecule has 0 unspecified atom stereocenters. The Labute approximate surface area is 203 Å². The lowest BCUT2D eigenvalue weighted by Gasteiger charge is -2.14. The van der Waals surface area contributed by atoms with E-state index in [0.717, 1.165) is 39.0 Å². The van der Waals surface area contributed by atoms with E-state index in [-0.39, 0.29) is 25.6 Å². The molecule has 0 bridgehead atoms. The van der Waals surface area contributed by atoms with Gasteiger partial charge in [0.25, 0.3) is 0 Å². The van der Waals surface area contributed by atoms with Crippen molar-refractivity contribution in [1.82, 2.24) is 0 Å². The second-order valence-corrected chi connectivity index (χ2v) is 8.28. The molecule has 7 heteroatoms. The van der Waals surface area contributed by atoms with Gasteiger partial charge in [0.15, 0.2) is 0 Å². The first-order valence-corrected chi connectivity index (χ1v) is 11.4. The van der Waals surface area contributed by atoms with Gasteiger partial charge < -0.3 is 25.4 Å². The predicted octanol–water partition coefficient (Wildman–Crippen LogP) is 4.65. The fourth-order valence-corrected chi connectivity index (χ4v) is 4.02. The first-order chi connectivity index (χ1) is 16.9. The van der Waals surface area contributed by atoms with Gasteiger partial charge in [0.2, 0.25) is 5.91 Å². The molecule has 4 aromatic rings. The SMILES string of the molecule is CCOC(=O)Cc1ccc(C(N)=O)cc1OCc1cc(-c2cccc(CN)c2)c2oc(C)cc2c1. The number of amides is 1. The molecule has 35 heavy (non-hydrogen) atoms. The number of carbonyl (C=O) groups is 2. The van der Waals surface area contributed by atoms with Crippen molar-refractivity contribution in [3.63, 3.8) is 0 Å². The number of nitrogens with two attached hydrogens (primary N) is 2. The summed E-state index contributed by atoms with van der Waals surface area (Å²) >= 11 is 0. The van der Waals surface area contributed by atoms with Crippen LogP contribution in [-0.4, -0.2) is 18.5 Å². The summed E-state index contributed by atoms with van der Waals surface area (Å²) < 4.78 is 17.2. The van der Waals surface area contributed by atoms with Crippen LogP contribution in [-0.2, 0) is 29.1 Å². The van der Waals surface area contributed by atoms with E-state index in [1.807, 2.05) is 49.4 Å². The van der Waals surface area contributed by atoms with Gasteiger partial charge in [0.05, 0.1) is 13.0 Å². The molecule has 0 spiro atoms. The summed E-state index contributed by atoms with van der Waals surface area (Å²) in [6, 6.07) is 18.8. The lowest BCUT2D eigenvalue weighted by atomic mass is 9.99. The zero-order valence-corrected chi connectivity index (χ0v) is 19.8. The van der Waals surface area contributed by atoms with Crippen molar-refractivity contribution in [3.05, 3.63) is 88.7 Å². The zero-order valence-electron chi connectivity index (χ0n) is 19.8. The molecule has 1 amide bonds. The summed E-state index contributed by atoms with van der Waals surface area (Å²) in [5, 5.41) is 0.953. The van der Waals surface area contributed by atoms with E-state index < -0.39 is 5.91 Å². The maximum absolute atomic E-state index is 12.1. The van der Waals surface area contributed by atoms with Crippen LogP contribution in [0.3, 0.4) is 0 Å². The maximum atomic E-state index is 12.1. The van der Waals surface area contributed by atoms with Crippen LogP contribution >= 0.6 is 0 Å². The number of hydrogen-bond acceptors (Lipinski definition) is 6. The first-order valence-electron chi connectivity index (χ1n) is 11.4. The summed E-state index contributed by atoms with van der Waals surface area (Å²) in [4.78, 5) is 23.8. The van der Waals surface area contributed by atoms with Crippen LogP contribution in [0, 0.1) is 6.92 Å². The lowest BCUT2D eigenvalue weighted by molar-refractivity contribution is -0.142. The van der Waals surface area contributed by atoms with Crippen molar-refractivity contribution < 1.29 is 23.5 Å². The Kier molecular flexibility index (Phi) is 7.17. The monoisotopic (exact) mass is 472 g/mol. The zero-order chi connectivity index (χ0) is 24.9. The highest BCUT2D eigenvalue weighted by Gasteiger charge is 2.15. The van der Waals surface area contributed by atoms with Gasteiger partial charge in [-0.2, -0.15) is 0 Å². The van der Waals surface area contributed by atoms with Gasteiger partial charge in [-0.25, -0.2) is 0 Å². The molecule has 0 aliphatic heterocycles. The minimum Gasteiger partial charge on any atom is -0.489 e. The predicted molar refractivity (Wildman–Crippen MR) is 134 cm³/mol. The Morgan fingerprint density at radius 3 is 2.57 bits per heavy atom. The van der Waals surface area contributed by atoms with Gasteiger partial charge in [-0.1, -0.05) is 24.3 Å². The van der Waals surface area contributed by atoms with E-state index in [9.17, 15) is 9.59 Å². The summed E-state index contributed by atoms with van der Waals surface area (Å²) in [5.74, 6) is 0.265. The number of furan rings is 1. The van der Waals surface area contributed by atoms with Crippen LogP contribution in [0.2, 0.25) is 0 Å². The number of primary amides is 1. The van der Waals surface area contributed by atoms with E-state index in [1.54, 1.807) is 25.1 Å². The third-order valence-electron chi connectivity index (χ3n) is 5.66. The smallest absolute Gasteiger partial charge is 0.310 e. The number of benzene rings is 3. The second-order valence-electron chi connectivity index (χ2n) is 8.28. The highest BCUT2D eigenvalue weighted by molar-refractivity contribution is 5.94. The number of ether oxygens (including phenoxy) is 2. The number of aryl methyl sites for hydroxylation is 1. The van der Waals surface area contributed by atoms with Crippen LogP contribution in [0.5, 0.6) is 5.75 Å². The molecule has 0 radical (unpaired) electrons. The molecule has 1 heterocycles. The third kappa shape index (κ3) is 5.53. The van der Waals surface area contributed by atoms with E-state index in [2.05, 4.69) is 0 Å². The molecule has 1 aromatic heterocycles. The van der Waals surface area contributed by atoms with Gasteiger partial charge in [-0.05, 0) is 66.9 Å². The molecule has 180 valence electrons. The van der Waals surface area contributed by atoms with Gasteiger partial charge in [-0.3, -0.25) is 9.59 Å². The summed E-state index contributed by atoms with van der Waals surface area (Å²) in [6.45, 7) is 4.60. The lowest BCUT2D eigenvalue weighted by Crippen LogP contribution is -2.13. The fourth-order valence-electron chi connectivity index (χ4n) is 4.02. The molecule has 0 aliphatic carbocycles. The number of hydrogen-bond donors (Lipinski definition) is 2. The number of esters is 1. The van der Waals surface area contributed by atoms with Crippen molar-refractivity contribution in [3.8, 4) is 16.9 Å². The molecular weight excluding hydrogens is 444 g/mol. The largest absolute Gasteiger partial charge is 0.489 e. The van der Waals surface area contributed by atoms with Crippen LogP contribution in [0.4, 0.5) is 0 Å². The van der Waals surface area contributed by atoms with Crippen LogP contribution in [0.1, 0.15) is 39.7 Å². The molecule has 7 nitrogen and oxygen atoms in total. The Morgan fingerprint density at radius 2 is 1.83 bits per heavy atom. The molecule has 4 N–H and O–H groups in total. The minimum absolute atomic E-state index is 0.0271. The summed E-state index contributed by atoms with van der Waals surface area (Å²) in [6.07, 6.45) is 0.0271. The van der Waals surface area contributed by atoms with Gasteiger partial charge in [0, 0.05) is 28.6 Å². The molecule has 0 aliphatic rings. The second kappa shape index (κ2) is 10.4. The summed E-state index contributed by atoms with van der Waals surface area (Å²) in [7, 11) is 0. The van der Waals surface area contributed by atoms with Crippen LogP contribution in [0.15, 0.2) is 65.1 Å². The molecule has 3 aromatic carbocycles. The topological polar surface area (TPSA) is 118 Å². The van der Waals surface area contributed by atoms with Crippen molar-refractivity contribution >= 4 is 22.8 Å². The number of carbonyl (C=O) groups excluding carboxylic acids is 2. The Balaban J connectivity index is 1.69. The number of rotatable bonds is 9. The van der Waals surface area contributed by atoms with Crippen LogP contribution < -0.4 is 16.2 Å². The molecular formula is C28H28N2O5. The Morgan fingerprint density at radius 1 is 1.00 bits per heavy atom. The highest BCUT2D eigenvalue weighted by atomic mass is 16.5. The first kappa shape index (κ1) is 24.0. The van der Waals surface area contributed by atoms with Crippen molar-refractivity contribution in [2.75, 3.05) is 6.61 Å². The van der Waals surface area contributed by atoms with Gasteiger partial charge in [0.1, 0.15) is 23.7 Å². The van der Waals surface area contributed by atoms with E-state index >= 15 is 0 Å². The van der Waals surface area contributed by atoms with E-state index in [1.165, 1.54) is 0 Å². The fraction of sp³-hybridized carbons (Fsp3) is 0.214. The molecule has 0 saturated carbocycles. The third-order valence-corrected chi connectivity index (χ3v) is 5.66. The Hall–Kier alpha value is -4.10. The van der Waals surface area contributed by atoms with Crippen molar-refractivity contribution in [2.45, 2.75) is 33.4 Å². The van der Waals surface area contributed by atoms with Gasteiger partial charge >= 0.3 is 5.97 Å². The van der Waals surface area contributed by atoms with Crippen molar-refractivity contribution in [2.24, 2.45) is 11.5 Å². The standard InChI is InChI=1S/C28H28N2O5/c1-3-33-26(31)14-21-7-8-22(28(30)32)13-25(21)34-16-19-11-23-9-17(2)35-27(23)24(12-19)20-6-4-5-18(10-20)15-29/h4-13H,3,14-16,29H2,1-2H3,(H2,30,32). The number of fused-ring (bicyclic) bond motifs is 1. The Bertz CT molecular complexity index is 1390. The van der Waals surface area contributed by atoms with E-state index in [4.69, 9.17) is 25.4 Å². The minimum atomic E-state index is -0.574. The molecule has 0 fully saturated rings. The normalized spacial score (nSPS) is 10.9. The van der Waals surface area contributed by atoms with Crippen molar-refractivity contribution in [1.29, 1.82) is 0 Å². The average molecular weight is 473 g/mol. The maximum Gasteiger partial charge on any atom is 0.310 e. The molecule has 4 rings (SSSR count). The quantitative estimate of drug-likeness (QED) is 0.342. The molecule has 0 atom stereocenters. The average Bonchev–Trinajstić information content (AvgIpc) is 3.22. The molecule has 0 saturated heterocycles. The van der Waals surface area contributed by atoms with Gasteiger partial charge in [-0.15, -0.1) is 0 Å². The highest BCUT2D eigenvalue weighted by Crippen LogP contribution is 2.33. The van der Waals surface area contributed by atoms with Crippen LogP contribution in [0.25, 0.3) is 22.1 Å².